The highest BCUT2D eigenvalue weighted by Gasteiger charge is 2.07. The lowest BCUT2D eigenvalue weighted by Crippen LogP contribution is -2.39. The van der Waals surface area contributed by atoms with Crippen molar-refractivity contribution in [3.8, 4) is 0 Å². The van der Waals surface area contributed by atoms with Gasteiger partial charge >= 0.3 is 0 Å². The molecular weight excluding hydrogens is 202 g/mol. The number of hydrogen-bond donors (Lipinski definition) is 2. The molecule has 0 saturated carbocycles. The average Bonchev–Trinajstić information content (AvgIpc) is 2.21. The van der Waals surface area contributed by atoms with Crippen molar-refractivity contribution >= 4 is 0 Å². The van der Waals surface area contributed by atoms with E-state index in [1.165, 1.54) is 6.42 Å². The Kier molecular flexibility index (Phi) is 8.84. The van der Waals surface area contributed by atoms with Gasteiger partial charge in [0.2, 0.25) is 0 Å². The van der Waals surface area contributed by atoms with E-state index in [-0.39, 0.29) is 6.10 Å². The van der Waals surface area contributed by atoms with Crippen LogP contribution in [0.1, 0.15) is 20.3 Å². The molecule has 0 rings (SSSR count). The predicted octanol–water partition coefficient (Wildman–Crippen LogP) is 0.229. The van der Waals surface area contributed by atoms with Crippen molar-refractivity contribution in [3.05, 3.63) is 0 Å². The molecule has 0 bridgehead atoms. The molecule has 0 fully saturated rings. The Morgan fingerprint density at radius 3 is 2.38 bits per heavy atom. The Morgan fingerprint density at radius 1 is 1.25 bits per heavy atom. The molecule has 0 spiro atoms. The Morgan fingerprint density at radius 2 is 1.88 bits per heavy atom. The maximum atomic E-state index is 9.62. The van der Waals surface area contributed by atoms with Crippen LogP contribution in [0.5, 0.6) is 0 Å². The Balaban J connectivity index is 3.45. The van der Waals surface area contributed by atoms with Crippen LogP contribution in [0.25, 0.3) is 0 Å². The molecule has 0 amide bonds. The first-order valence-corrected chi connectivity index (χ1v) is 6.21. The topological polar surface area (TPSA) is 38.7 Å². The molecule has 0 radical (unpaired) electrons. The van der Waals surface area contributed by atoms with E-state index in [0.717, 1.165) is 13.1 Å². The molecule has 0 aliphatic heterocycles. The van der Waals surface area contributed by atoms with Gasteiger partial charge in [0.1, 0.15) is 0 Å². The van der Waals surface area contributed by atoms with Crippen molar-refractivity contribution in [1.29, 1.82) is 0 Å². The molecule has 4 nitrogen and oxygen atoms in total. The maximum absolute atomic E-state index is 9.62. The number of nitrogens with one attached hydrogen (secondary N) is 1. The van der Waals surface area contributed by atoms with Crippen LogP contribution >= 0.6 is 0 Å². The summed E-state index contributed by atoms with van der Waals surface area (Å²) in [6.45, 7) is 7.80. The molecule has 0 aromatic heterocycles. The summed E-state index contributed by atoms with van der Waals surface area (Å²) in [6, 6.07) is 0.633. The zero-order valence-corrected chi connectivity index (χ0v) is 11.5. The zero-order chi connectivity index (χ0) is 12.6. The Bertz CT molecular complexity index is 164. The number of likely N-dealkylation sites (N-methyl/N-ethyl adjacent to an activating group) is 2. The van der Waals surface area contributed by atoms with Crippen LogP contribution in [0, 0.1) is 0 Å². The van der Waals surface area contributed by atoms with E-state index in [2.05, 4.69) is 31.1 Å². The molecule has 4 heteroatoms. The molecule has 16 heavy (non-hydrogen) atoms. The predicted molar refractivity (Wildman–Crippen MR) is 69.8 cm³/mol. The third-order valence-corrected chi connectivity index (χ3v) is 2.94. The van der Waals surface area contributed by atoms with E-state index in [9.17, 15) is 5.11 Å². The monoisotopic (exact) mass is 231 g/mol. The van der Waals surface area contributed by atoms with E-state index in [1.54, 1.807) is 0 Å². The van der Waals surface area contributed by atoms with Gasteiger partial charge in [-0.05, 0) is 34.5 Å². The fourth-order valence-electron chi connectivity index (χ4n) is 1.54. The normalized spacial score (nSPS) is 15.8. The molecule has 2 atom stereocenters. The first-order valence-electron chi connectivity index (χ1n) is 6.21. The van der Waals surface area contributed by atoms with Crippen LogP contribution in [0.4, 0.5) is 0 Å². The van der Waals surface area contributed by atoms with Crippen molar-refractivity contribution in [3.63, 3.8) is 0 Å². The average molecular weight is 231 g/mol. The first-order chi connectivity index (χ1) is 7.47. The highest BCUT2D eigenvalue weighted by atomic mass is 16.3. The third-order valence-electron chi connectivity index (χ3n) is 2.94. The second kappa shape index (κ2) is 8.93. The first kappa shape index (κ1) is 15.8. The lowest BCUT2D eigenvalue weighted by Gasteiger charge is -2.24. The summed E-state index contributed by atoms with van der Waals surface area (Å²) >= 11 is 0. The molecule has 0 aromatic rings. The Hall–Kier alpha value is -0.160. The van der Waals surface area contributed by atoms with E-state index >= 15 is 0 Å². The number of hydrogen-bond acceptors (Lipinski definition) is 4. The molecule has 98 valence electrons. The van der Waals surface area contributed by atoms with Gasteiger partial charge in [-0.15, -0.1) is 0 Å². The molecule has 0 aromatic carbocycles. The minimum absolute atomic E-state index is 0.274. The third kappa shape index (κ3) is 8.05. The van der Waals surface area contributed by atoms with Crippen molar-refractivity contribution in [2.45, 2.75) is 32.4 Å². The zero-order valence-electron chi connectivity index (χ0n) is 11.5. The summed E-state index contributed by atoms with van der Waals surface area (Å²) < 4.78 is 0. The number of nitrogens with zero attached hydrogens (tertiary/aromatic N) is 2. The molecule has 0 saturated heterocycles. The van der Waals surface area contributed by atoms with Crippen molar-refractivity contribution in [2.75, 3.05) is 47.3 Å². The number of aliphatic hydroxyl groups is 1. The fraction of sp³-hybridized carbons (Fsp3) is 1.00. The quantitative estimate of drug-likeness (QED) is 0.557. The van der Waals surface area contributed by atoms with E-state index in [4.69, 9.17) is 0 Å². The van der Waals surface area contributed by atoms with Crippen molar-refractivity contribution in [2.24, 2.45) is 0 Å². The van der Waals surface area contributed by atoms with Crippen LogP contribution < -0.4 is 5.32 Å². The lowest BCUT2D eigenvalue weighted by molar-refractivity contribution is 0.133. The second-order valence-electron chi connectivity index (χ2n) is 4.86. The van der Waals surface area contributed by atoms with E-state index in [1.807, 2.05) is 19.0 Å². The van der Waals surface area contributed by atoms with Gasteiger partial charge in [0.05, 0.1) is 6.10 Å². The van der Waals surface area contributed by atoms with Crippen LogP contribution in [0.3, 0.4) is 0 Å². The fourth-order valence-corrected chi connectivity index (χ4v) is 1.54. The summed E-state index contributed by atoms with van der Waals surface area (Å²) in [5.74, 6) is 0. The standard InChI is InChI=1S/C12H29N3O/c1-6-11(2)15(5)8-7-13-9-12(16)10-14(3)4/h11-13,16H,6-10H2,1-5H3. The van der Waals surface area contributed by atoms with Crippen LogP contribution in [0.15, 0.2) is 0 Å². The van der Waals surface area contributed by atoms with Crippen LogP contribution in [-0.4, -0.2) is 74.4 Å². The molecule has 2 N–H and O–H groups in total. The van der Waals surface area contributed by atoms with E-state index < -0.39 is 0 Å². The van der Waals surface area contributed by atoms with Gasteiger partial charge in [0, 0.05) is 32.2 Å². The van der Waals surface area contributed by atoms with Gasteiger partial charge in [-0.1, -0.05) is 6.92 Å². The summed E-state index contributed by atoms with van der Waals surface area (Å²) in [6.07, 6.45) is 0.906. The van der Waals surface area contributed by atoms with Gasteiger partial charge in [-0.2, -0.15) is 0 Å². The summed E-state index contributed by atoms with van der Waals surface area (Å²) in [5.41, 5.74) is 0. The van der Waals surface area contributed by atoms with E-state index in [0.29, 0.717) is 19.1 Å². The highest BCUT2D eigenvalue weighted by molar-refractivity contribution is 4.65. The smallest absolute Gasteiger partial charge is 0.0791 e. The molecular formula is C12H29N3O. The molecule has 0 aliphatic rings. The molecule has 2 unspecified atom stereocenters. The highest BCUT2D eigenvalue weighted by Crippen LogP contribution is 1.98. The van der Waals surface area contributed by atoms with Gasteiger partial charge in [0.25, 0.3) is 0 Å². The van der Waals surface area contributed by atoms with Gasteiger partial charge in [-0.25, -0.2) is 0 Å². The largest absolute Gasteiger partial charge is 0.390 e. The molecule has 0 heterocycles. The Labute approximate surface area is 101 Å². The van der Waals surface area contributed by atoms with Crippen LogP contribution in [0.2, 0.25) is 0 Å². The lowest BCUT2D eigenvalue weighted by atomic mass is 10.2. The summed E-state index contributed by atoms with van der Waals surface area (Å²) in [5, 5.41) is 12.9. The van der Waals surface area contributed by atoms with Gasteiger partial charge in [0.15, 0.2) is 0 Å². The summed E-state index contributed by atoms with van der Waals surface area (Å²) in [4.78, 5) is 4.34. The number of aliphatic hydroxyl groups excluding tert-OH is 1. The van der Waals surface area contributed by atoms with Crippen molar-refractivity contribution in [1.82, 2.24) is 15.1 Å². The number of rotatable bonds is 9. The minimum atomic E-state index is -0.274. The molecule has 0 aliphatic carbocycles. The van der Waals surface area contributed by atoms with Crippen molar-refractivity contribution < 1.29 is 5.11 Å². The van der Waals surface area contributed by atoms with Gasteiger partial charge < -0.3 is 20.2 Å². The maximum Gasteiger partial charge on any atom is 0.0791 e. The van der Waals surface area contributed by atoms with Crippen LogP contribution in [-0.2, 0) is 0 Å². The minimum Gasteiger partial charge on any atom is -0.390 e. The van der Waals surface area contributed by atoms with Gasteiger partial charge in [-0.3, -0.25) is 0 Å². The SMILES string of the molecule is CCC(C)N(C)CCNCC(O)CN(C)C. The second-order valence-corrected chi connectivity index (χ2v) is 4.86. The summed E-state index contributed by atoms with van der Waals surface area (Å²) in [7, 11) is 6.09.